The fraction of sp³-hybridized carbons (Fsp3) is 0.350. The standard InChI is InChI=1S/C40H40N6O4S/c1-6-30-34(41-5)51-36(44-30)45-33(47)27-9-7-8-24-10-11-25(14-28(24)27)31-13-12-26(32(43-31)35(48)49)29-15-42-46(23(29)2)22-39-17-37(3)16-38(4,18-39)20-40(50,19-37)21-39/h6-15,50H,1,5,16-22H2,2-4H3,(H,48,49)(H,44,45,47). The van der Waals surface area contributed by atoms with Gasteiger partial charge in [-0.2, -0.15) is 5.10 Å². The second kappa shape index (κ2) is 11.5. The smallest absolute Gasteiger partial charge is 0.355 e. The molecule has 4 aliphatic rings. The first-order chi connectivity index (χ1) is 24.2. The van der Waals surface area contributed by atoms with Gasteiger partial charge in [0.05, 0.1) is 17.5 Å². The largest absolute Gasteiger partial charge is 0.476 e. The molecule has 0 aliphatic heterocycles. The van der Waals surface area contributed by atoms with E-state index in [2.05, 4.69) is 47.4 Å². The van der Waals surface area contributed by atoms with Crippen molar-refractivity contribution in [1.82, 2.24) is 19.7 Å². The number of rotatable bonds is 9. The average Bonchev–Trinajstić information content (AvgIpc) is 3.63. The number of nitrogens with zero attached hydrogens (tertiary/aromatic N) is 5. The Bertz CT molecular complexity index is 2230. The van der Waals surface area contributed by atoms with Crippen LogP contribution in [0.4, 0.5) is 10.1 Å². The summed E-state index contributed by atoms with van der Waals surface area (Å²) in [7, 11) is 0. The Morgan fingerprint density at radius 3 is 2.45 bits per heavy atom. The average molecular weight is 701 g/mol. The van der Waals surface area contributed by atoms with Crippen LogP contribution in [0.15, 0.2) is 66.3 Å². The first kappa shape index (κ1) is 33.2. The van der Waals surface area contributed by atoms with Gasteiger partial charge in [0, 0.05) is 34.5 Å². The quantitative estimate of drug-likeness (QED) is 0.131. The fourth-order valence-corrected chi connectivity index (χ4v) is 11.4. The van der Waals surface area contributed by atoms with E-state index < -0.39 is 11.6 Å². The molecule has 2 unspecified atom stereocenters. The molecule has 0 radical (unpaired) electrons. The van der Waals surface area contributed by atoms with Gasteiger partial charge in [-0.05, 0) is 110 Å². The van der Waals surface area contributed by atoms with E-state index in [1.807, 2.05) is 48.0 Å². The van der Waals surface area contributed by atoms with Crippen LogP contribution in [0.2, 0.25) is 0 Å². The maximum Gasteiger partial charge on any atom is 0.355 e. The summed E-state index contributed by atoms with van der Waals surface area (Å²) in [5.74, 6) is -1.48. The van der Waals surface area contributed by atoms with E-state index in [1.165, 1.54) is 11.3 Å². The molecule has 10 nitrogen and oxygen atoms in total. The summed E-state index contributed by atoms with van der Waals surface area (Å²) in [6.07, 6.45) is 9.09. The van der Waals surface area contributed by atoms with E-state index in [0.717, 1.165) is 55.2 Å². The lowest BCUT2D eigenvalue weighted by Crippen LogP contribution is -2.63. The van der Waals surface area contributed by atoms with Gasteiger partial charge >= 0.3 is 5.97 Å². The molecular formula is C40H40N6O4S. The van der Waals surface area contributed by atoms with Crippen LogP contribution >= 0.6 is 11.3 Å². The van der Waals surface area contributed by atoms with E-state index in [0.29, 0.717) is 50.1 Å². The van der Waals surface area contributed by atoms with Crippen molar-refractivity contribution in [2.45, 2.75) is 71.4 Å². The minimum absolute atomic E-state index is 0.0504. The number of aliphatic imine (C=N–C) groups is 1. The maximum atomic E-state index is 13.5. The molecule has 0 spiro atoms. The van der Waals surface area contributed by atoms with Crippen LogP contribution in [-0.2, 0) is 6.54 Å². The summed E-state index contributed by atoms with van der Waals surface area (Å²) in [5, 5.41) is 32.1. The number of carboxylic acid groups (broad SMARTS) is 1. The molecule has 2 atom stereocenters. The number of aromatic carboxylic acids is 1. The molecule has 4 aliphatic carbocycles. The Balaban J connectivity index is 1.10. The van der Waals surface area contributed by atoms with Crippen LogP contribution in [0.3, 0.4) is 0 Å². The third-order valence-electron chi connectivity index (χ3n) is 11.3. The molecule has 3 aromatic heterocycles. The van der Waals surface area contributed by atoms with Gasteiger partial charge in [-0.3, -0.25) is 19.8 Å². The maximum absolute atomic E-state index is 13.5. The Labute approximate surface area is 300 Å². The molecule has 0 saturated heterocycles. The first-order valence-electron chi connectivity index (χ1n) is 17.2. The molecule has 260 valence electrons. The van der Waals surface area contributed by atoms with Gasteiger partial charge in [-0.1, -0.05) is 56.0 Å². The lowest BCUT2D eigenvalue weighted by Gasteiger charge is -2.68. The number of fused-ring (bicyclic) bond motifs is 1. The van der Waals surface area contributed by atoms with Gasteiger partial charge in [0.15, 0.2) is 10.8 Å². The van der Waals surface area contributed by atoms with E-state index in [4.69, 9.17) is 5.10 Å². The fourth-order valence-electron chi connectivity index (χ4n) is 10.7. The summed E-state index contributed by atoms with van der Waals surface area (Å²) in [6, 6.07) is 14.7. The lowest BCUT2D eigenvalue weighted by atomic mass is 9.39. The molecule has 5 aromatic rings. The summed E-state index contributed by atoms with van der Waals surface area (Å²) >= 11 is 1.21. The number of carbonyl (C=O) groups is 2. The second-order valence-corrected chi connectivity index (χ2v) is 16.9. The highest BCUT2D eigenvalue weighted by molar-refractivity contribution is 7.19. The molecule has 11 heteroatoms. The summed E-state index contributed by atoms with van der Waals surface area (Å²) in [5.41, 5.74) is 3.71. The number of thiazole rings is 1. The van der Waals surface area contributed by atoms with Crippen molar-refractivity contribution in [3.05, 3.63) is 84.0 Å². The topological polar surface area (TPSA) is 143 Å². The van der Waals surface area contributed by atoms with Crippen molar-refractivity contribution in [1.29, 1.82) is 0 Å². The van der Waals surface area contributed by atoms with Crippen molar-refractivity contribution in [3.8, 4) is 22.4 Å². The van der Waals surface area contributed by atoms with Crippen LogP contribution in [0.25, 0.3) is 39.2 Å². The number of amides is 1. The number of carbonyl (C=O) groups excluding carboxylic acids is 1. The van der Waals surface area contributed by atoms with Crippen LogP contribution in [0, 0.1) is 23.2 Å². The van der Waals surface area contributed by atoms with Crippen molar-refractivity contribution in [2.75, 3.05) is 5.32 Å². The number of nitrogens with one attached hydrogen (secondary N) is 1. The number of aliphatic hydroxyl groups is 1. The summed E-state index contributed by atoms with van der Waals surface area (Å²) in [4.78, 5) is 39.2. The highest BCUT2D eigenvalue weighted by Gasteiger charge is 2.65. The van der Waals surface area contributed by atoms with Crippen LogP contribution in [0.5, 0.6) is 0 Å². The Kier molecular flexibility index (Phi) is 7.48. The zero-order valence-corrected chi connectivity index (χ0v) is 29.8. The molecular weight excluding hydrogens is 661 g/mol. The molecule has 9 rings (SSSR count). The number of anilines is 1. The monoisotopic (exact) mass is 700 g/mol. The van der Waals surface area contributed by atoms with Gasteiger partial charge in [0.2, 0.25) is 0 Å². The molecule has 51 heavy (non-hydrogen) atoms. The molecule has 2 aromatic carbocycles. The number of benzene rings is 2. The normalized spacial score (nSPS) is 26.4. The third kappa shape index (κ3) is 5.68. The highest BCUT2D eigenvalue weighted by atomic mass is 32.1. The zero-order valence-electron chi connectivity index (χ0n) is 29.0. The Morgan fingerprint density at radius 2 is 1.78 bits per heavy atom. The minimum atomic E-state index is -1.14. The number of carboxylic acids is 1. The zero-order chi connectivity index (χ0) is 35.9. The third-order valence-corrected chi connectivity index (χ3v) is 12.2. The van der Waals surface area contributed by atoms with Crippen LogP contribution in [-0.4, -0.2) is 54.2 Å². The van der Waals surface area contributed by atoms with Crippen molar-refractivity contribution in [3.63, 3.8) is 0 Å². The van der Waals surface area contributed by atoms with Crippen molar-refractivity contribution >= 4 is 56.9 Å². The van der Waals surface area contributed by atoms with Gasteiger partial charge in [-0.25, -0.2) is 14.8 Å². The minimum Gasteiger partial charge on any atom is -0.476 e. The molecule has 1 amide bonds. The number of hydrogen-bond donors (Lipinski definition) is 3. The van der Waals surface area contributed by atoms with E-state index >= 15 is 0 Å². The first-order valence-corrected chi connectivity index (χ1v) is 18.0. The molecule has 4 fully saturated rings. The SMILES string of the molecule is C=Cc1nc(NC(=O)c2cccc3ccc(-c4ccc(-c5cnn(CC67CC8(C)CC(C)(CC(O)(C8)C6)C7)c5C)c(C(=O)O)n4)cc23)sc1N=C. The lowest BCUT2D eigenvalue weighted by molar-refractivity contribution is -0.229. The van der Waals surface area contributed by atoms with Gasteiger partial charge in [-0.15, -0.1) is 0 Å². The summed E-state index contributed by atoms with van der Waals surface area (Å²) < 4.78 is 2.01. The number of hydrogen-bond acceptors (Lipinski definition) is 8. The van der Waals surface area contributed by atoms with Crippen molar-refractivity contribution < 1.29 is 19.8 Å². The molecule has 3 N–H and O–H groups in total. The predicted octanol–water partition coefficient (Wildman–Crippen LogP) is 8.57. The number of pyridine rings is 1. The predicted molar refractivity (Wildman–Crippen MR) is 201 cm³/mol. The Morgan fingerprint density at radius 1 is 1.02 bits per heavy atom. The second-order valence-electron chi connectivity index (χ2n) is 15.9. The summed E-state index contributed by atoms with van der Waals surface area (Å²) in [6.45, 7) is 14.6. The van der Waals surface area contributed by atoms with Gasteiger partial charge in [0.25, 0.3) is 5.91 Å². The van der Waals surface area contributed by atoms with Crippen LogP contribution in [0.1, 0.15) is 84.6 Å². The van der Waals surface area contributed by atoms with Gasteiger partial charge in [0.1, 0.15) is 10.7 Å². The van der Waals surface area contributed by atoms with E-state index in [-0.39, 0.29) is 27.8 Å². The highest BCUT2D eigenvalue weighted by Crippen LogP contribution is 2.71. The van der Waals surface area contributed by atoms with E-state index in [9.17, 15) is 19.8 Å². The molecule has 3 heterocycles. The van der Waals surface area contributed by atoms with Crippen molar-refractivity contribution in [2.24, 2.45) is 21.2 Å². The van der Waals surface area contributed by atoms with Gasteiger partial charge < -0.3 is 10.2 Å². The number of aromatic nitrogens is 4. The molecule has 4 bridgehead atoms. The Hall–Kier alpha value is -5.00. The van der Waals surface area contributed by atoms with E-state index in [1.54, 1.807) is 24.4 Å². The molecule has 4 saturated carbocycles. The van der Waals surface area contributed by atoms with Crippen LogP contribution < -0.4 is 5.32 Å².